The lowest BCUT2D eigenvalue weighted by molar-refractivity contribution is -0.141. The second kappa shape index (κ2) is 6.11. The Morgan fingerprint density at radius 2 is 2.13 bits per heavy atom. The van der Waals surface area contributed by atoms with Crippen LogP contribution in [-0.2, 0) is 4.79 Å². The molecule has 1 aliphatic carbocycles. The van der Waals surface area contributed by atoms with E-state index in [1.165, 1.54) is 25.7 Å². The van der Waals surface area contributed by atoms with Gasteiger partial charge in [-0.05, 0) is 31.1 Å². The topological polar surface area (TPSA) is 63.3 Å². The Bertz CT molecular complexity index is 202. The van der Waals surface area contributed by atoms with Gasteiger partial charge in [-0.2, -0.15) is 0 Å². The molecule has 3 nitrogen and oxygen atoms in total. The van der Waals surface area contributed by atoms with Gasteiger partial charge in [-0.1, -0.05) is 26.2 Å². The first kappa shape index (κ1) is 12.5. The molecule has 0 bridgehead atoms. The summed E-state index contributed by atoms with van der Waals surface area (Å²) in [5, 5.41) is 8.87. The van der Waals surface area contributed by atoms with Gasteiger partial charge >= 0.3 is 5.97 Å². The normalized spacial score (nSPS) is 19.9. The molecule has 0 spiro atoms. The lowest BCUT2D eigenvalue weighted by Crippen LogP contribution is -2.24. The Kier molecular flexibility index (Phi) is 5.09. The van der Waals surface area contributed by atoms with Crippen LogP contribution in [0.15, 0.2) is 0 Å². The minimum absolute atomic E-state index is 0.273. The Hall–Kier alpha value is -0.570. The summed E-state index contributed by atoms with van der Waals surface area (Å²) in [6.45, 7) is 2.47. The summed E-state index contributed by atoms with van der Waals surface area (Å²) in [6, 6.07) is 0. The second-order valence-corrected chi connectivity index (χ2v) is 4.80. The van der Waals surface area contributed by atoms with Crippen molar-refractivity contribution in [3.63, 3.8) is 0 Å². The lowest BCUT2D eigenvalue weighted by Gasteiger charge is -2.16. The second-order valence-electron chi connectivity index (χ2n) is 4.80. The third-order valence-corrected chi connectivity index (χ3v) is 3.50. The van der Waals surface area contributed by atoms with E-state index in [1.807, 2.05) is 0 Å². The summed E-state index contributed by atoms with van der Waals surface area (Å²) in [7, 11) is 0. The first-order valence-corrected chi connectivity index (χ1v) is 6.10. The van der Waals surface area contributed by atoms with Crippen LogP contribution in [0, 0.1) is 17.8 Å². The molecule has 0 saturated heterocycles. The fourth-order valence-electron chi connectivity index (χ4n) is 2.09. The first-order valence-electron chi connectivity index (χ1n) is 6.10. The van der Waals surface area contributed by atoms with Crippen LogP contribution in [-0.4, -0.2) is 17.6 Å². The predicted molar refractivity (Wildman–Crippen MR) is 60.5 cm³/mol. The summed E-state index contributed by atoms with van der Waals surface area (Å²) in [5.74, 6) is 0.582. The van der Waals surface area contributed by atoms with E-state index in [9.17, 15) is 4.79 Å². The van der Waals surface area contributed by atoms with Crippen LogP contribution in [0.1, 0.15) is 45.4 Å². The van der Waals surface area contributed by atoms with Crippen molar-refractivity contribution in [2.75, 3.05) is 6.54 Å². The number of nitrogens with two attached hydrogens (primary N) is 1. The van der Waals surface area contributed by atoms with Crippen molar-refractivity contribution in [2.45, 2.75) is 45.4 Å². The average molecular weight is 213 g/mol. The number of carbonyl (C=O) groups is 1. The van der Waals surface area contributed by atoms with Gasteiger partial charge in [-0.25, -0.2) is 0 Å². The smallest absolute Gasteiger partial charge is 0.307 e. The van der Waals surface area contributed by atoms with Gasteiger partial charge in [0, 0.05) is 6.54 Å². The molecule has 0 heterocycles. The van der Waals surface area contributed by atoms with Gasteiger partial charge in [-0.3, -0.25) is 4.79 Å². The highest BCUT2D eigenvalue weighted by Crippen LogP contribution is 2.37. The summed E-state index contributed by atoms with van der Waals surface area (Å²) in [4.78, 5) is 10.8. The molecule has 1 rings (SSSR count). The number of hydrogen-bond donors (Lipinski definition) is 2. The van der Waals surface area contributed by atoms with Gasteiger partial charge in [-0.15, -0.1) is 0 Å². The Labute approximate surface area is 92.0 Å². The van der Waals surface area contributed by atoms with Gasteiger partial charge in [0.2, 0.25) is 0 Å². The summed E-state index contributed by atoms with van der Waals surface area (Å²) < 4.78 is 0. The molecular formula is C12H23NO2. The van der Waals surface area contributed by atoms with Gasteiger partial charge < -0.3 is 10.8 Å². The van der Waals surface area contributed by atoms with Gasteiger partial charge in [0.25, 0.3) is 0 Å². The SMILES string of the molecule is CCC(CCC(CN)C(=O)O)CC1CC1. The quantitative estimate of drug-likeness (QED) is 0.650. The molecule has 0 aromatic rings. The molecule has 3 N–H and O–H groups in total. The van der Waals surface area contributed by atoms with Crippen molar-refractivity contribution < 1.29 is 9.90 Å². The van der Waals surface area contributed by atoms with E-state index in [0.29, 0.717) is 5.92 Å². The average Bonchev–Trinajstić information content (AvgIpc) is 3.00. The molecule has 2 atom stereocenters. The van der Waals surface area contributed by atoms with Crippen molar-refractivity contribution in [2.24, 2.45) is 23.5 Å². The molecule has 1 aliphatic rings. The molecule has 88 valence electrons. The fourth-order valence-corrected chi connectivity index (χ4v) is 2.09. The molecule has 0 aromatic carbocycles. The van der Waals surface area contributed by atoms with Crippen LogP contribution in [0.2, 0.25) is 0 Å². The molecule has 15 heavy (non-hydrogen) atoms. The van der Waals surface area contributed by atoms with E-state index in [-0.39, 0.29) is 12.5 Å². The number of rotatable bonds is 8. The van der Waals surface area contributed by atoms with Crippen molar-refractivity contribution in [3.05, 3.63) is 0 Å². The Morgan fingerprint density at radius 3 is 2.53 bits per heavy atom. The lowest BCUT2D eigenvalue weighted by atomic mass is 9.90. The number of aliphatic carboxylic acids is 1. The van der Waals surface area contributed by atoms with Crippen LogP contribution >= 0.6 is 0 Å². The van der Waals surface area contributed by atoms with Crippen molar-refractivity contribution in [3.8, 4) is 0 Å². The van der Waals surface area contributed by atoms with Gasteiger partial charge in [0.15, 0.2) is 0 Å². The third-order valence-electron chi connectivity index (χ3n) is 3.50. The fraction of sp³-hybridized carbons (Fsp3) is 0.917. The monoisotopic (exact) mass is 213 g/mol. The van der Waals surface area contributed by atoms with E-state index >= 15 is 0 Å². The maximum Gasteiger partial charge on any atom is 0.307 e. The van der Waals surface area contributed by atoms with E-state index in [0.717, 1.165) is 18.8 Å². The van der Waals surface area contributed by atoms with Crippen molar-refractivity contribution >= 4 is 5.97 Å². The highest BCUT2D eigenvalue weighted by atomic mass is 16.4. The molecule has 2 unspecified atom stereocenters. The standard InChI is InChI=1S/C12H23NO2/c1-2-9(7-10-3-4-10)5-6-11(8-13)12(14)15/h9-11H,2-8,13H2,1H3,(H,14,15). The van der Waals surface area contributed by atoms with E-state index < -0.39 is 5.97 Å². The molecule has 0 aromatic heterocycles. The zero-order valence-electron chi connectivity index (χ0n) is 9.61. The van der Waals surface area contributed by atoms with Crippen LogP contribution in [0.25, 0.3) is 0 Å². The van der Waals surface area contributed by atoms with Gasteiger partial charge in [0.05, 0.1) is 5.92 Å². The highest BCUT2D eigenvalue weighted by molar-refractivity contribution is 5.70. The molecule has 3 heteroatoms. The predicted octanol–water partition coefficient (Wildman–Crippen LogP) is 2.25. The first-order chi connectivity index (χ1) is 7.17. The van der Waals surface area contributed by atoms with E-state index in [4.69, 9.17) is 10.8 Å². The summed E-state index contributed by atoms with van der Waals surface area (Å²) in [6.07, 6.45) is 7.02. The molecule has 0 aliphatic heterocycles. The molecular weight excluding hydrogens is 190 g/mol. The van der Waals surface area contributed by atoms with Crippen molar-refractivity contribution in [1.82, 2.24) is 0 Å². The minimum atomic E-state index is -0.737. The Balaban J connectivity index is 2.21. The van der Waals surface area contributed by atoms with Gasteiger partial charge in [0.1, 0.15) is 0 Å². The number of carboxylic acids is 1. The maximum absolute atomic E-state index is 10.8. The van der Waals surface area contributed by atoms with Crippen LogP contribution in [0.4, 0.5) is 0 Å². The highest BCUT2D eigenvalue weighted by Gasteiger charge is 2.25. The zero-order valence-corrected chi connectivity index (χ0v) is 9.61. The van der Waals surface area contributed by atoms with Crippen LogP contribution < -0.4 is 5.73 Å². The van der Waals surface area contributed by atoms with E-state index in [2.05, 4.69) is 6.92 Å². The summed E-state index contributed by atoms with van der Waals surface area (Å²) >= 11 is 0. The minimum Gasteiger partial charge on any atom is -0.481 e. The number of hydrogen-bond acceptors (Lipinski definition) is 2. The maximum atomic E-state index is 10.8. The third kappa shape index (κ3) is 4.65. The van der Waals surface area contributed by atoms with Crippen molar-refractivity contribution in [1.29, 1.82) is 0 Å². The molecule has 1 fully saturated rings. The molecule has 1 saturated carbocycles. The Morgan fingerprint density at radius 1 is 1.47 bits per heavy atom. The number of carboxylic acid groups (broad SMARTS) is 1. The largest absolute Gasteiger partial charge is 0.481 e. The zero-order chi connectivity index (χ0) is 11.3. The molecule has 0 amide bonds. The van der Waals surface area contributed by atoms with E-state index in [1.54, 1.807) is 0 Å². The van der Waals surface area contributed by atoms with Crippen LogP contribution in [0.5, 0.6) is 0 Å². The molecule has 0 radical (unpaired) electrons. The van der Waals surface area contributed by atoms with Crippen LogP contribution in [0.3, 0.4) is 0 Å². The summed E-state index contributed by atoms with van der Waals surface area (Å²) in [5.41, 5.74) is 5.43.